The zero-order valence-corrected chi connectivity index (χ0v) is 16.9. The first kappa shape index (κ1) is 21.4. The lowest BCUT2D eigenvalue weighted by atomic mass is 9.92. The molecule has 2 aliphatic rings. The molecule has 2 atom stereocenters. The monoisotopic (exact) mass is 432 g/mol. The number of rotatable bonds is 6. The maximum absolute atomic E-state index is 13.8. The van der Waals surface area contributed by atoms with Crippen LogP contribution in [0.4, 0.5) is 13.2 Å². The Morgan fingerprint density at radius 3 is 2.55 bits per heavy atom. The third-order valence-corrected chi connectivity index (χ3v) is 5.67. The summed E-state index contributed by atoms with van der Waals surface area (Å²) in [7, 11) is 1.49. The zero-order valence-electron chi connectivity index (χ0n) is 16.9. The lowest BCUT2D eigenvalue weighted by Gasteiger charge is -2.34. The summed E-state index contributed by atoms with van der Waals surface area (Å²) in [5.41, 5.74) is -1.21. The van der Waals surface area contributed by atoms with Crippen molar-refractivity contribution in [3.05, 3.63) is 65.2 Å². The van der Waals surface area contributed by atoms with Crippen molar-refractivity contribution in [3.63, 3.8) is 0 Å². The van der Waals surface area contributed by atoms with Gasteiger partial charge in [0, 0.05) is 29.8 Å². The van der Waals surface area contributed by atoms with Crippen LogP contribution in [-0.4, -0.2) is 25.9 Å². The number of ether oxygens (including phenoxy) is 1. The molecule has 10 heteroatoms. The number of piperidine rings is 1. The predicted molar refractivity (Wildman–Crippen MR) is 107 cm³/mol. The van der Waals surface area contributed by atoms with E-state index in [0.717, 1.165) is 19.4 Å². The molecule has 4 rings (SSSR count). The molecule has 0 aliphatic carbocycles. The summed E-state index contributed by atoms with van der Waals surface area (Å²) in [6.07, 6.45) is -2.80. The van der Waals surface area contributed by atoms with Gasteiger partial charge in [-0.15, -0.1) is 10.2 Å². The van der Waals surface area contributed by atoms with E-state index >= 15 is 0 Å². The maximum Gasteiger partial charge on any atom is 0.442 e. The SMILES string of the molecule is COc1ccc(C2(C(F)(F)F)N=NN=N2)cc1CNC1CCCNC1c1ccccc1. The van der Waals surface area contributed by atoms with Crippen molar-refractivity contribution in [2.75, 3.05) is 13.7 Å². The molecule has 0 aromatic heterocycles. The topological polar surface area (TPSA) is 82.7 Å². The van der Waals surface area contributed by atoms with Gasteiger partial charge in [0.05, 0.1) is 7.11 Å². The smallest absolute Gasteiger partial charge is 0.442 e. The lowest BCUT2D eigenvalue weighted by Crippen LogP contribution is -2.45. The number of alkyl halides is 3. The van der Waals surface area contributed by atoms with Gasteiger partial charge >= 0.3 is 11.8 Å². The summed E-state index contributed by atoms with van der Waals surface area (Å²) in [6.45, 7) is 1.25. The second kappa shape index (κ2) is 8.72. The fourth-order valence-electron chi connectivity index (χ4n) is 4.08. The lowest BCUT2D eigenvalue weighted by molar-refractivity contribution is -0.187. The zero-order chi connectivity index (χ0) is 21.9. The Kier molecular flexibility index (Phi) is 6.01. The van der Waals surface area contributed by atoms with Crippen LogP contribution in [0.25, 0.3) is 0 Å². The molecule has 0 radical (unpaired) electrons. The molecule has 164 valence electrons. The van der Waals surface area contributed by atoms with Gasteiger partial charge in [-0.25, -0.2) is 0 Å². The van der Waals surface area contributed by atoms with E-state index in [-0.39, 0.29) is 17.6 Å². The largest absolute Gasteiger partial charge is 0.496 e. The van der Waals surface area contributed by atoms with E-state index in [0.29, 0.717) is 17.9 Å². The normalized spacial score (nSPS) is 22.6. The van der Waals surface area contributed by atoms with Crippen molar-refractivity contribution in [1.82, 2.24) is 10.6 Å². The highest BCUT2D eigenvalue weighted by Gasteiger charge is 2.60. The van der Waals surface area contributed by atoms with Gasteiger partial charge in [-0.05, 0) is 47.5 Å². The van der Waals surface area contributed by atoms with Gasteiger partial charge < -0.3 is 15.4 Å². The Morgan fingerprint density at radius 1 is 1.13 bits per heavy atom. The number of nitrogens with one attached hydrogen (secondary N) is 2. The van der Waals surface area contributed by atoms with Gasteiger partial charge in [0.25, 0.3) is 0 Å². The molecule has 2 N–H and O–H groups in total. The van der Waals surface area contributed by atoms with Crippen LogP contribution in [-0.2, 0) is 12.2 Å². The molecule has 2 aromatic rings. The molecule has 0 spiro atoms. The minimum atomic E-state index is -4.76. The summed E-state index contributed by atoms with van der Waals surface area (Å²) in [5, 5.41) is 19.9. The first-order valence-electron chi connectivity index (χ1n) is 10.0. The van der Waals surface area contributed by atoms with Crippen molar-refractivity contribution in [2.24, 2.45) is 20.7 Å². The number of nitrogens with zero attached hydrogens (tertiary/aromatic N) is 4. The van der Waals surface area contributed by atoms with Gasteiger partial charge in [-0.2, -0.15) is 13.2 Å². The van der Waals surface area contributed by atoms with Crippen LogP contribution >= 0.6 is 0 Å². The van der Waals surface area contributed by atoms with Crippen molar-refractivity contribution in [2.45, 2.75) is 43.3 Å². The average molecular weight is 432 g/mol. The molecule has 7 nitrogen and oxygen atoms in total. The van der Waals surface area contributed by atoms with Crippen molar-refractivity contribution in [3.8, 4) is 5.75 Å². The number of hydrogen-bond donors (Lipinski definition) is 2. The number of benzene rings is 2. The molecule has 2 aromatic carbocycles. The first-order valence-corrected chi connectivity index (χ1v) is 10.0. The van der Waals surface area contributed by atoms with Gasteiger partial charge in [0.1, 0.15) is 5.75 Å². The summed E-state index contributed by atoms with van der Waals surface area (Å²) in [4.78, 5) is 0. The third-order valence-electron chi connectivity index (χ3n) is 5.67. The molecule has 2 aliphatic heterocycles. The highest BCUT2D eigenvalue weighted by Crippen LogP contribution is 2.47. The Balaban J connectivity index is 1.59. The van der Waals surface area contributed by atoms with E-state index in [2.05, 4.69) is 43.4 Å². The summed E-state index contributed by atoms with van der Waals surface area (Å²) in [6, 6.07) is 14.5. The van der Waals surface area contributed by atoms with Gasteiger partial charge in [-0.3, -0.25) is 0 Å². The quantitative estimate of drug-likeness (QED) is 0.686. The average Bonchev–Trinajstić information content (AvgIpc) is 3.30. The predicted octanol–water partition coefficient (Wildman–Crippen LogP) is 4.83. The fraction of sp³-hybridized carbons (Fsp3) is 0.429. The molecule has 2 unspecified atom stereocenters. The molecule has 1 saturated heterocycles. The number of methoxy groups -OCH3 is 1. The first-order chi connectivity index (χ1) is 14.9. The van der Waals surface area contributed by atoms with E-state index in [9.17, 15) is 13.2 Å². The highest BCUT2D eigenvalue weighted by atomic mass is 19.4. The van der Waals surface area contributed by atoms with Crippen molar-refractivity contribution < 1.29 is 17.9 Å². The number of hydrogen-bond acceptors (Lipinski definition) is 7. The van der Waals surface area contributed by atoms with Crippen LogP contribution in [0, 0.1) is 0 Å². The Bertz CT molecular complexity index is 951. The van der Waals surface area contributed by atoms with E-state index in [4.69, 9.17) is 4.74 Å². The maximum atomic E-state index is 13.8. The molecule has 1 fully saturated rings. The van der Waals surface area contributed by atoms with E-state index in [1.807, 2.05) is 18.2 Å². The molecular weight excluding hydrogens is 409 g/mol. The van der Waals surface area contributed by atoms with Gasteiger partial charge in [-0.1, -0.05) is 36.4 Å². The van der Waals surface area contributed by atoms with E-state index in [1.165, 1.54) is 30.9 Å². The van der Waals surface area contributed by atoms with Crippen molar-refractivity contribution >= 4 is 0 Å². The van der Waals surface area contributed by atoms with E-state index in [1.54, 1.807) is 0 Å². The second-order valence-electron chi connectivity index (χ2n) is 7.55. The Morgan fingerprint density at radius 2 is 1.87 bits per heavy atom. The molecular formula is C21H23F3N6O. The third kappa shape index (κ3) is 4.17. The van der Waals surface area contributed by atoms with Crippen LogP contribution in [0.1, 0.15) is 35.6 Å². The highest BCUT2D eigenvalue weighted by molar-refractivity contribution is 5.41. The molecule has 31 heavy (non-hydrogen) atoms. The van der Waals surface area contributed by atoms with Crippen LogP contribution in [0.2, 0.25) is 0 Å². The van der Waals surface area contributed by atoms with Crippen LogP contribution in [0.3, 0.4) is 0 Å². The van der Waals surface area contributed by atoms with Crippen molar-refractivity contribution in [1.29, 1.82) is 0 Å². The van der Waals surface area contributed by atoms with Crippen LogP contribution < -0.4 is 15.4 Å². The minimum absolute atomic E-state index is 0.114. The minimum Gasteiger partial charge on any atom is -0.496 e. The van der Waals surface area contributed by atoms with Crippen LogP contribution in [0.15, 0.2) is 69.2 Å². The second-order valence-corrected chi connectivity index (χ2v) is 7.55. The molecule has 0 saturated carbocycles. The standard InChI is InChI=1S/C21H23F3N6O/c1-31-18-10-9-16(20(21(22,23)24)27-29-30-28-20)12-15(18)13-26-17-8-5-11-25-19(17)14-6-3-2-4-7-14/h2-4,6-7,9-10,12,17,19,25-26H,5,8,11,13H2,1H3. The molecule has 0 bridgehead atoms. The summed E-state index contributed by atoms with van der Waals surface area (Å²) >= 11 is 0. The number of halogens is 3. The summed E-state index contributed by atoms with van der Waals surface area (Å²) < 4.78 is 46.7. The fourth-order valence-corrected chi connectivity index (χ4v) is 4.08. The van der Waals surface area contributed by atoms with Gasteiger partial charge in [0.2, 0.25) is 0 Å². The summed E-state index contributed by atoms with van der Waals surface area (Å²) in [5.74, 6) is 0.487. The van der Waals surface area contributed by atoms with E-state index < -0.39 is 11.8 Å². The Labute approximate surface area is 177 Å². The molecule has 2 heterocycles. The molecule has 0 amide bonds. The van der Waals surface area contributed by atoms with Crippen LogP contribution in [0.5, 0.6) is 5.75 Å². The van der Waals surface area contributed by atoms with Gasteiger partial charge in [0.15, 0.2) is 0 Å². The Hall–Kier alpha value is -2.85.